The average molecular weight is 466 g/mol. The first-order valence-corrected chi connectivity index (χ1v) is 10.4. The highest BCUT2D eigenvalue weighted by Gasteiger charge is 2.47. The van der Waals surface area contributed by atoms with Gasteiger partial charge in [0.1, 0.15) is 37.1 Å². The molecule has 11 nitrogen and oxygen atoms in total. The van der Waals surface area contributed by atoms with Gasteiger partial charge in [0.2, 0.25) is 5.75 Å². The van der Waals surface area contributed by atoms with Crippen molar-refractivity contribution in [2.45, 2.75) is 56.3 Å². The number of fused-ring (bicyclic) bond motifs is 2. The van der Waals surface area contributed by atoms with Crippen molar-refractivity contribution in [3.63, 3.8) is 0 Å². The van der Waals surface area contributed by atoms with Crippen LogP contribution in [-0.2, 0) is 9.47 Å². The third-order valence-corrected chi connectivity index (χ3v) is 5.74. The molecule has 2 aromatic heterocycles. The van der Waals surface area contributed by atoms with E-state index >= 15 is 0 Å². The Labute approximate surface area is 187 Å². The average Bonchev–Trinajstić information content (AvgIpc) is 3.25. The van der Waals surface area contributed by atoms with Crippen molar-refractivity contribution in [1.29, 1.82) is 0 Å². The van der Waals surface area contributed by atoms with Crippen LogP contribution in [0.4, 0.5) is 0 Å². The van der Waals surface area contributed by atoms with E-state index in [1.54, 1.807) is 18.2 Å². The molecule has 0 unspecified atom stereocenters. The normalized spacial score (nSPS) is 27.2. The van der Waals surface area contributed by atoms with E-state index in [0.717, 1.165) is 0 Å². The van der Waals surface area contributed by atoms with Gasteiger partial charge in [0.25, 0.3) is 0 Å². The molecule has 1 saturated heterocycles. The molecular weight excluding hydrogens is 440 g/mol. The molecule has 4 rings (SSSR count). The first kappa shape index (κ1) is 23.6. The maximum Gasteiger partial charge on any atom is 0.336 e. The zero-order valence-corrected chi connectivity index (χ0v) is 18.0. The summed E-state index contributed by atoms with van der Waals surface area (Å²) < 4.78 is 27.6. The van der Waals surface area contributed by atoms with Gasteiger partial charge in [-0.05, 0) is 32.0 Å². The van der Waals surface area contributed by atoms with Crippen LogP contribution in [0.1, 0.15) is 13.8 Å². The van der Waals surface area contributed by atoms with E-state index in [4.69, 9.17) is 23.0 Å². The van der Waals surface area contributed by atoms with Crippen molar-refractivity contribution in [3.05, 3.63) is 40.9 Å². The molecule has 1 aliphatic heterocycles. The molecule has 3 heterocycles. The summed E-state index contributed by atoms with van der Waals surface area (Å²) in [5, 5.41) is 51.5. The molecular formula is C22H26O11. The van der Waals surface area contributed by atoms with Crippen LogP contribution in [0.25, 0.3) is 21.9 Å². The van der Waals surface area contributed by atoms with Gasteiger partial charge in [0.05, 0.1) is 18.5 Å². The summed E-state index contributed by atoms with van der Waals surface area (Å²) in [7, 11) is 0. The Bertz CT molecular complexity index is 1160. The predicted molar refractivity (Wildman–Crippen MR) is 113 cm³/mol. The topological polar surface area (TPSA) is 172 Å². The van der Waals surface area contributed by atoms with Gasteiger partial charge in [0, 0.05) is 16.8 Å². The maximum absolute atomic E-state index is 11.7. The molecule has 5 N–H and O–H groups in total. The van der Waals surface area contributed by atoms with E-state index < -0.39 is 54.6 Å². The number of aliphatic hydroxyl groups excluding tert-OH is 5. The highest BCUT2D eigenvalue weighted by Crippen LogP contribution is 2.35. The molecule has 0 spiro atoms. The number of hydrogen-bond acceptors (Lipinski definition) is 11. The molecule has 6 atom stereocenters. The van der Waals surface area contributed by atoms with Crippen molar-refractivity contribution in [2.24, 2.45) is 0 Å². The summed E-state index contributed by atoms with van der Waals surface area (Å²) in [4.78, 5) is 11.7. The van der Waals surface area contributed by atoms with Gasteiger partial charge in [0.15, 0.2) is 17.5 Å². The molecule has 0 bridgehead atoms. The van der Waals surface area contributed by atoms with Crippen LogP contribution < -0.4 is 10.4 Å². The van der Waals surface area contributed by atoms with E-state index in [9.17, 15) is 30.3 Å². The van der Waals surface area contributed by atoms with E-state index in [1.165, 1.54) is 26.2 Å². The lowest BCUT2D eigenvalue weighted by Gasteiger charge is -2.43. The van der Waals surface area contributed by atoms with Crippen molar-refractivity contribution in [2.75, 3.05) is 13.2 Å². The monoisotopic (exact) mass is 466 g/mol. The lowest BCUT2D eigenvalue weighted by atomic mass is 9.98. The summed E-state index contributed by atoms with van der Waals surface area (Å²) in [5.74, 6) is 0.132. The number of furan rings is 1. The largest absolute Gasteiger partial charge is 0.483 e. The fourth-order valence-electron chi connectivity index (χ4n) is 3.64. The second-order valence-corrected chi connectivity index (χ2v) is 8.46. The lowest BCUT2D eigenvalue weighted by molar-refractivity contribution is -0.332. The van der Waals surface area contributed by atoms with Crippen molar-refractivity contribution >= 4 is 21.9 Å². The highest BCUT2D eigenvalue weighted by atomic mass is 16.7. The summed E-state index contributed by atoms with van der Waals surface area (Å²) in [6.45, 7) is 2.09. The Morgan fingerprint density at radius 2 is 1.79 bits per heavy atom. The van der Waals surface area contributed by atoms with Gasteiger partial charge < -0.3 is 48.6 Å². The van der Waals surface area contributed by atoms with E-state index in [1.807, 2.05) is 0 Å². The molecule has 33 heavy (non-hydrogen) atoms. The smallest absolute Gasteiger partial charge is 0.336 e. The zero-order chi connectivity index (χ0) is 23.9. The first-order valence-electron chi connectivity index (χ1n) is 10.4. The van der Waals surface area contributed by atoms with Gasteiger partial charge in [-0.1, -0.05) is 0 Å². The van der Waals surface area contributed by atoms with E-state index in [-0.39, 0.29) is 17.9 Å². The van der Waals surface area contributed by atoms with Gasteiger partial charge in [-0.3, -0.25) is 0 Å². The molecule has 1 fully saturated rings. The van der Waals surface area contributed by atoms with Crippen LogP contribution in [0.15, 0.2) is 44.2 Å². The summed E-state index contributed by atoms with van der Waals surface area (Å²) in [5.41, 5.74) is -1.46. The van der Waals surface area contributed by atoms with Crippen molar-refractivity contribution in [1.82, 2.24) is 0 Å². The van der Waals surface area contributed by atoms with Crippen molar-refractivity contribution in [3.8, 4) is 5.75 Å². The Morgan fingerprint density at radius 3 is 2.52 bits per heavy atom. The molecule has 0 radical (unpaired) electrons. The van der Waals surface area contributed by atoms with Gasteiger partial charge in [-0.15, -0.1) is 0 Å². The van der Waals surface area contributed by atoms with Crippen LogP contribution in [-0.4, -0.2) is 81.2 Å². The minimum Gasteiger partial charge on any atom is -0.483 e. The van der Waals surface area contributed by atoms with Crippen LogP contribution in [0, 0.1) is 0 Å². The standard InChI is InChI=1S/C22H26O11/c1-22(2,33-21-17(28)16(27)15(26)12(8-23)31-21)13(24)9-30-20-18-11(5-6-29-18)7-10-3-4-14(25)32-19(10)20/h3-7,12-13,15-17,21,23-24,26-28H,8-9H2,1-2H3/t12-,13-,15-,16+,17-,21+/m0/s1. The van der Waals surface area contributed by atoms with Crippen LogP contribution in [0.5, 0.6) is 5.75 Å². The zero-order valence-electron chi connectivity index (χ0n) is 18.0. The van der Waals surface area contributed by atoms with Crippen molar-refractivity contribution < 1.29 is 48.6 Å². The van der Waals surface area contributed by atoms with Gasteiger partial charge in [-0.2, -0.15) is 0 Å². The second kappa shape index (κ2) is 9.03. The summed E-state index contributed by atoms with van der Waals surface area (Å²) >= 11 is 0. The lowest BCUT2D eigenvalue weighted by Crippen LogP contribution is -2.61. The second-order valence-electron chi connectivity index (χ2n) is 8.46. The Kier molecular flexibility index (Phi) is 6.47. The highest BCUT2D eigenvalue weighted by molar-refractivity contribution is 5.99. The minimum atomic E-state index is -1.62. The Hall–Kier alpha value is -2.51. The van der Waals surface area contributed by atoms with E-state index in [2.05, 4.69) is 0 Å². The van der Waals surface area contributed by atoms with Gasteiger partial charge in [-0.25, -0.2) is 4.79 Å². The molecule has 1 aromatic carbocycles. The number of benzene rings is 1. The number of hydrogen-bond donors (Lipinski definition) is 5. The molecule has 0 aliphatic carbocycles. The summed E-state index contributed by atoms with van der Waals surface area (Å²) in [6, 6.07) is 6.36. The molecule has 3 aromatic rings. The van der Waals surface area contributed by atoms with Crippen LogP contribution >= 0.6 is 0 Å². The third-order valence-electron chi connectivity index (χ3n) is 5.74. The Balaban J connectivity index is 1.53. The maximum atomic E-state index is 11.7. The van der Waals surface area contributed by atoms with E-state index in [0.29, 0.717) is 16.4 Å². The SMILES string of the molecule is CC(C)(O[C@H]1O[C@@H](CO)[C@H](O)[C@@H](O)[C@@H]1O)[C@@H](O)COc1c2occc2cc2ccc(=O)oc12. The fourth-order valence-corrected chi connectivity index (χ4v) is 3.64. The van der Waals surface area contributed by atoms with Crippen LogP contribution in [0.3, 0.4) is 0 Å². The minimum absolute atomic E-state index is 0.132. The fraction of sp³-hybridized carbons (Fsp3) is 0.500. The molecule has 0 amide bonds. The number of rotatable bonds is 7. The Morgan fingerprint density at radius 1 is 1.06 bits per heavy atom. The number of aliphatic hydroxyl groups is 5. The molecule has 180 valence electrons. The van der Waals surface area contributed by atoms with Gasteiger partial charge >= 0.3 is 5.63 Å². The third kappa shape index (κ3) is 4.49. The summed E-state index contributed by atoms with van der Waals surface area (Å²) in [6.07, 6.45) is -7.18. The quantitative estimate of drug-likeness (QED) is 0.294. The molecule has 1 aliphatic rings. The first-order chi connectivity index (χ1) is 15.6. The molecule has 0 saturated carbocycles. The van der Waals surface area contributed by atoms with Crippen LogP contribution in [0.2, 0.25) is 0 Å². The number of ether oxygens (including phenoxy) is 3. The predicted octanol–water partition coefficient (Wildman–Crippen LogP) is -0.126. The molecule has 11 heteroatoms.